The van der Waals surface area contributed by atoms with Gasteiger partial charge in [-0.15, -0.1) is 0 Å². The zero-order valence-electron chi connectivity index (χ0n) is 23.6. The molecule has 0 spiro atoms. The van der Waals surface area contributed by atoms with E-state index in [9.17, 15) is 0 Å². The van der Waals surface area contributed by atoms with E-state index in [1.165, 1.54) is 65.3 Å². The molecule has 8 bridgehead atoms. The number of hydrogen-bond donors (Lipinski definition) is 0. The monoisotopic (exact) mass is 544 g/mol. The van der Waals surface area contributed by atoms with Crippen molar-refractivity contribution < 1.29 is 0 Å². The van der Waals surface area contributed by atoms with E-state index in [0.29, 0.717) is 0 Å². The van der Waals surface area contributed by atoms with Crippen molar-refractivity contribution in [2.75, 3.05) is 13.3 Å². The van der Waals surface area contributed by atoms with E-state index < -0.39 is 0 Å². The Bertz CT molecular complexity index is 1680. The lowest BCUT2D eigenvalue weighted by molar-refractivity contribution is 0.255. The van der Waals surface area contributed by atoms with Crippen LogP contribution in [0.15, 0.2) is 122 Å². The Morgan fingerprint density at radius 2 is 0.476 bits per heavy atom. The Morgan fingerprint density at radius 1 is 0.286 bits per heavy atom. The molecule has 0 unspecified atom stereocenters. The Morgan fingerprint density at radius 3 is 0.667 bits per heavy atom. The Labute approximate surface area is 246 Å². The summed E-state index contributed by atoms with van der Waals surface area (Å²) in [6, 6.07) is 36.1. The lowest BCUT2D eigenvalue weighted by Crippen LogP contribution is -2.26. The molecule has 0 radical (unpaired) electrons. The van der Waals surface area contributed by atoms with Gasteiger partial charge >= 0.3 is 0 Å². The average Bonchev–Trinajstić information content (AvgIpc) is 3.68. The van der Waals surface area contributed by atoms with Gasteiger partial charge in [0.15, 0.2) is 0 Å². The van der Waals surface area contributed by atoms with Crippen LogP contribution in [-0.4, -0.2) is 32.9 Å². The summed E-state index contributed by atoms with van der Waals surface area (Å²) in [5.74, 6) is 0. The molecule has 204 valence electrons. The molecule has 3 aliphatic rings. The Hall–Kier alpha value is -4.96. The van der Waals surface area contributed by atoms with Crippen LogP contribution in [0, 0.1) is 0 Å². The molecule has 3 aliphatic heterocycles. The predicted octanol–water partition coefficient (Wildman–Crippen LogP) is 8.11. The van der Waals surface area contributed by atoms with Crippen molar-refractivity contribution in [2.45, 2.75) is 26.2 Å². The molecule has 0 aliphatic carbocycles. The molecule has 0 atom stereocenters. The van der Waals surface area contributed by atoms with Gasteiger partial charge in [-0.05, 0) is 65.3 Å². The van der Waals surface area contributed by atoms with Crippen molar-refractivity contribution in [2.24, 2.45) is 0 Å². The van der Waals surface area contributed by atoms with E-state index >= 15 is 0 Å². The summed E-state index contributed by atoms with van der Waals surface area (Å²) in [6.45, 7) is 5.27. The number of benzene rings is 6. The van der Waals surface area contributed by atoms with E-state index in [1.807, 2.05) is 0 Å². The zero-order chi connectivity index (χ0) is 27.6. The largest absolute Gasteiger partial charge is 0.354 e. The highest BCUT2D eigenvalue weighted by Gasteiger charge is 2.23. The topological polar surface area (TPSA) is 13.0 Å². The summed E-state index contributed by atoms with van der Waals surface area (Å²) in [5.41, 5.74) is 5.65. The molecule has 0 amide bonds. The van der Waals surface area contributed by atoms with Gasteiger partial charge in [-0.3, -0.25) is 0 Å². The smallest absolute Gasteiger partial charge is 0.0900 e. The first-order chi connectivity index (χ1) is 20.8. The summed E-state index contributed by atoms with van der Waals surface area (Å²) < 4.78 is 0. The summed E-state index contributed by atoms with van der Waals surface area (Å²) in [7, 11) is 0. The standard InChI is InChI=1S/C38H32N4/c1-2-10-28-27(9-1)35-21-39-17-18-41(25-39)23-37-31-13-5-7-15-33(31)38(34-16-8-6-14-32(34)37)24-42-20-19-40(26-42)22-36(28)30-12-4-3-11-29(30)35/h1-20H,21-26H2. The summed E-state index contributed by atoms with van der Waals surface area (Å²) in [6.07, 6.45) is 9.14. The normalized spacial score (nSPS) is 16.6. The third kappa shape index (κ3) is 3.68. The first-order valence-electron chi connectivity index (χ1n) is 15.0. The van der Waals surface area contributed by atoms with Crippen LogP contribution in [0.25, 0.3) is 43.1 Å². The van der Waals surface area contributed by atoms with Gasteiger partial charge < -0.3 is 19.6 Å². The second kappa shape index (κ2) is 9.28. The first kappa shape index (κ1) is 23.7. The highest BCUT2D eigenvalue weighted by atomic mass is 15.3. The first-order valence-corrected chi connectivity index (χ1v) is 15.0. The maximum Gasteiger partial charge on any atom is 0.0900 e. The summed E-state index contributed by atoms with van der Waals surface area (Å²) in [4.78, 5) is 9.88. The van der Waals surface area contributed by atoms with E-state index in [4.69, 9.17) is 0 Å². The van der Waals surface area contributed by atoms with Gasteiger partial charge in [-0.2, -0.15) is 0 Å². The van der Waals surface area contributed by atoms with Gasteiger partial charge in [0, 0.05) is 51.0 Å². The van der Waals surface area contributed by atoms with Crippen LogP contribution in [0.4, 0.5) is 0 Å². The molecule has 4 heteroatoms. The third-order valence-electron chi connectivity index (χ3n) is 9.46. The molecular weight excluding hydrogens is 512 g/mol. The van der Waals surface area contributed by atoms with Crippen LogP contribution in [0.1, 0.15) is 22.3 Å². The van der Waals surface area contributed by atoms with E-state index in [1.54, 1.807) is 0 Å². The zero-order valence-corrected chi connectivity index (χ0v) is 23.6. The fraction of sp³-hybridized carbons (Fsp3) is 0.158. The molecule has 0 N–H and O–H groups in total. The highest BCUT2D eigenvalue weighted by Crippen LogP contribution is 2.38. The Balaban J connectivity index is 1.25. The van der Waals surface area contributed by atoms with Crippen LogP contribution in [0.2, 0.25) is 0 Å². The lowest BCUT2D eigenvalue weighted by Gasteiger charge is -2.28. The SMILES string of the molecule is C1=CN2Cc3c4ccccc4c(c4ccccc34)CN3C=CN(Cc4c5ccccc5c(c5ccccc45)CN1C2)C3. The fourth-order valence-electron chi connectivity index (χ4n) is 7.55. The van der Waals surface area contributed by atoms with Crippen molar-refractivity contribution in [3.8, 4) is 0 Å². The number of fused-ring (bicyclic) bond motifs is 10. The lowest BCUT2D eigenvalue weighted by atomic mass is 9.91. The van der Waals surface area contributed by atoms with Gasteiger partial charge in [0.1, 0.15) is 0 Å². The van der Waals surface area contributed by atoms with Crippen molar-refractivity contribution in [3.63, 3.8) is 0 Å². The quantitative estimate of drug-likeness (QED) is 0.179. The van der Waals surface area contributed by atoms with Crippen molar-refractivity contribution in [3.05, 3.63) is 144 Å². The van der Waals surface area contributed by atoms with Gasteiger partial charge in [0.2, 0.25) is 0 Å². The molecule has 6 aromatic carbocycles. The second-order valence-corrected chi connectivity index (χ2v) is 12.0. The van der Waals surface area contributed by atoms with Crippen LogP contribution >= 0.6 is 0 Å². The minimum atomic E-state index is 0.875. The predicted molar refractivity (Wildman–Crippen MR) is 173 cm³/mol. The van der Waals surface area contributed by atoms with Crippen molar-refractivity contribution in [1.82, 2.24) is 19.6 Å². The third-order valence-corrected chi connectivity index (χ3v) is 9.46. The van der Waals surface area contributed by atoms with Gasteiger partial charge in [-0.25, -0.2) is 0 Å². The molecule has 42 heavy (non-hydrogen) atoms. The van der Waals surface area contributed by atoms with Crippen molar-refractivity contribution in [1.29, 1.82) is 0 Å². The van der Waals surface area contributed by atoms with E-state index in [2.05, 4.69) is 141 Å². The number of nitrogens with zero attached hydrogens (tertiary/aromatic N) is 4. The molecular formula is C38H32N4. The van der Waals surface area contributed by atoms with E-state index in [0.717, 1.165) is 39.5 Å². The molecule has 3 heterocycles. The molecule has 9 rings (SSSR count). The second-order valence-electron chi connectivity index (χ2n) is 12.0. The highest BCUT2D eigenvalue weighted by molar-refractivity contribution is 6.07. The minimum Gasteiger partial charge on any atom is -0.354 e. The minimum absolute atomic E-state index is 0.875. The van der Waals surface area contributed by atoms with Gasteiger partial charge in [0.05, 0.1) is 13.3 Å². The molecule has 0 fully saturated rings. The van der Waals surface area contributed by atoms with Crippen LogP contribution in [-0.2, 0) is 26.2 Å². The molecule has 0 aromatic heterocycles. The van der Waals surface area contributed by atoms with Crippen LogP contribution < -0.4 is 0 Å². The Kier molecular flexibility index (Phi) is 5.24. The van der Waals surface area contributed by atoms with Crippen LogP contribution in [0.5, 0.6) is 0 Å². The van der Waals surface area contributed by atoms with E-state index in [-0.39, 0.29) is 0 Å². The number of hydrogen-bond acceptors (Lipinski definition) is 4. The maximum absolute atomic E-state index is 2.47. The maximum atomic E-state index is 2.47. The molecule has 0 saturated carbocycles. The molecule has 0 saturated heterocycles. The van der Waals surface area contributed by atoms with Gasteiger partial charge in [0.25, 0.3) is 0 Å². The molecule has 4 nitrogen and oxygen atoms in total. The summed E-state index contributed by atoms with van der Waals surface area (Å²) in [5, 5.41) is 10.9. The summed E-state index contributed by atoms with van der Waals surface area (Å²) >= 11 is 0. The molecule has 6 aromatic rings. The van der Waals surface area contributed by atoms with Crippen LogP contribution in [0.3, 0.4) is 0 Å². The van der Waals surface area contributed by atoms with Crippen molar-refractivity contribution >= 4 is 43.1 Å². The van der Waals surface area contributed by atoms with Gasteiger partial charge in [-0.1, -0.05) is 97.1 Å². The fourth-order valence-corrected chi connectivity index (χ4v) is 7.55. The number of rotatable bonds is 0. The average molecular weight is 545 g/mol.